The van der Waals surface area contributed by atoms with Gasteiger partial charge in [-0.25, -0.2) is 9.40 Å². The molecule has 2 aromatic rings. The summed E-state index contributed by atoms with van der Waals surface area (Å²) in [4.78, 5) is 12.0. The third kappa shape index (κ3) is 2.95. The van der Waals surface area contributed by atoms with Gasteiger partial charge in [-0.05, 0) is 42.0 Å². The van der Waals surface area contributed by atoms with E-state index in [9.17, 15) is 9.18 Å². The molecule has 0 N–H and O–H groups in total. The van der Waals surface area contributed by atoms with Gasteiger partial charge in [0.15, 0.2) is 0 Å². The molecule has 0 aromatic heterocycles. The van der Waals surface area contributed by atoms with Gasteiger partial charge in [0.05, 0.1) is 11.4 Å². The molecule has 0 bridgehead atoms. The van der Waals surface area contributed by atoms with Gasteiger partial charge in [-0.15, -0.1) is 0 Å². The molecular formula is C16H12ClFN2O. The maximum Gasteiger partial charge on any atom is 0.247 e. The molecule has 0 saturated heterocycles. The van der Waals surface area contributed by atoms with E-state index in [1.54, 1.807) is 24.3 Å². The van der Waals surface area contributed by atoms with Crippen LogP contribution in [0.4, 0.5) is 10.1 Å². The zero-order valence-electron chi connectivity index (χ0n) is 11.1. The van der Waals surface area contributed by atoms with Gasteiger partial charge in [-0.2, -0.15) is 5.10 Å². The molecule has 1 amide bonds. The average molecular weight is 303 g/mol. The molecular weight excluding hydrogens is 291 g/mol. The second-order valence-corrected chi connectivity index (χ2v) is 5.17. The molecule has 0 fully saturated rings. The predicted molar refractivity (Wildman–Crippen MR) is 81.1 cm³/mol. The number of nitrogens with zero attached hydrogens (tertiary/aromatic N) is 2. The minimum atomic E-state index is -0.342. The molecule has 3 rings (SSSR count). The Balaban J connectivity index is 1.96. The largest absolute Gasteiger partial charge is 0.273 e. The van der Waals surface area contributed by atoms with Crippen molar-refractivity contribution in [2.24, 2.45) is 5.10 Å². The summed E-state index contributed by atoms with van der Waals surface area (Å²) in [6, 6.07) is 13.0. The van der Waals surface area contributed by atoms with E-state index >= 15 is 0 Å². The van der Waals surface area contributed by atoms with Crippen LogP contribution in [0.2, 0.25) is 5.02 Å². The van der Waals surface area contributed by atoms with Gasteiger partial charge in [-0.3, -0.25) is 4.79 Å². The lowest BCUT2D eigenvalue weighted by Gasteiger charge is -2.23. The number of benzene rings is 2. The number of hydrazone groups is 1. The van der Waals surface area contributed by atoms with Crippen LogP contribution in [-0.2, 0) is 4.79 Å². The molecule has 106 valence electrons. The minimum Gasteiger partial charge on any atom is -0.273 e. The fourth-order valence-corrected chi connectivity index (χ4v) is 2.31. The van der Waals surface area contributed by atoms with E-state index in [0.29, 0.717) is 23.6 Å². The average Bonchev–Trinajstić information content (AvgIpc) is 2.50. The number of anilines is 1. The Morgan fingerprint density at radius 2 is 1.67 bits per heavy atom. The van der Waals surface area contributed by atoms with Crippen molar-refractivity contribution >= 4 is 28.9 Å². The van der Waals surface area contributed by atoms with Crippen LogP contribution in [0.15, 0.2) is 53.6 Å². The van der Waals surface area contributed by atoms with E-state index in [1.807, 2.05) is 12.1 Å². The van der Waals surface area contributed by atoms with Gasteiger partial charge < -0.3 is 0 Å². The number of carbonyl (C=O) groups is 1. The second-order valence-electron chi connectivity index (χ2n) is 4.74. The van der Waals surface area contributed by atoms with Crippen molar-refractivity contribution in [1.82, 2.24) is 0 Å². The standard InChI is InChI=1S/C16H12ClFN2O/c17-12-3-1-11(2-4-12)15-9-10-16(21)20(19-15)14-7-5-13(18)6-8-14/h1-8H,9-10H2. The summed E-state index contributed by atoms with van der Waals surface area (Å²) >= 11 is 5.87. The summed E-state index contributed by atoms with van der Waals surface area (Å²) < 4.78 is 13.0. The zero-order chi connectivity index (χ0) is 14.8. The molecule has 0 aliphatic carbocycles. The highest BCUT2D eigenvalue weighted by Crippen LogP contribution is 2.23. The van der Waals surface area contributed by atoms with Crippen LogP contribution in [0.3, 0.4) is 0 Å². The molecule has 3 nitrogen and oxygen atoms in total. The molecule has 1 aliphatic heterocycles. The summed E-state index contributed by atoms with van der Waals surface area (Å²) in [7, 11) is 0. The van der Waals surface area contributed by atoms with Crippen LogP contribution in [0, 0.1) is 5.82 Å². The number of hydrogen-bond donors (Lipinski definition) is 0. The Morgan fingerprint density at radius 1 is 1.00 bits per heavy atom. The van der Waals surface area contributed by atoms with Crippen LogP contribution in [-0.4, -0.2) is 11.6 Å². The van der Waals surface area contributed by atoms with E-state index in [4.69, 9.17) is 11.6 Å². The molecule has 21 heavy (non-hydrogen) atoms. The van der Waals surface area contributed by atoms with Crippen molar-refractivity contribution < 1.29 is 9.18 Å². The van der Waals surface area contributed by atoms with E-state index in [-0.39, 0.29) is 11.7 Å². The maximum atomic E-state index is 13.0. The van der Waals surface area contributed by atoms with Gasteiger partial charge in [0.1, 0.15) is 5.82 Å². The molecule has 0 unspecified atom stereocenters. The van der Waals surface area contributed by atoms with Crippen LogP contribution >= 0.6 is 11.6 Å². The summed E-state index contributed by atoms with van der Waals surface area (Å²) in [5, 5.41) is 6.38. The molecule has 0 saturated carbocycles. The first-order chi connectivity index (χ1) is 10.1. The Labute approximate surface area is 126 Å². The maximum absolute atomic E-state index is 13.0. The smallest absolute Gasteiger partial charge is 0.247 e. The number of hydrogen-bond acceptors (Lipinski definition) is 2. The van der Waals surface area contributed by atoms with Gasteiger partial charge in [0.2, 0.25) is 5.91 Å². The first-order valence-corrected chi connectivity index (χ1v) is 6.93. The highest BCUT2D eigenvalue weighted by molar-refractivity contribution is 6.30. The van der Waals surface area contributed by atoms with E-state index in [0.717, 1.165) is 11.3 Å². The normalized spacial score (nSPS) is 15.0. The summed E-state index contributed by atoms with van der Waals surface area (Å²) in [6.45, 7) is 0. The molecule has 0 spiro atoms. The van der Waals surface area contributed by atoms with Crippen molar-refractivity contribution in [1.29, 1.82) is 0 Å². The first-order valence-electron chi connectivity index (χ1n) is 6.55. The number of amides is 1. The second kappa shape index (κ2) is 5.66. The minimum absolute atomic E-state index is 0.0979. The van der Waals surface area contributed by atoms with Crippen LogP contribution < -0.4 is 5.01 Å². The molecule has 0 atom stereocenters. The lowest BCUT2D eigenvalue weighted by molar-refractivity contribution is -0.118. The van der Waals surface area contributed by atoms with Crippen molar-refractivity contribution in [2.75, 3.05) is 5.01 Å². The fraction of sp³-hybridized carbons (Fsp3) is 0.125. The number of halogens is 2. The highest BCUT2D eigenvalue weighted by atomic mass is 35.5. The summed E-state index contributed by atoms with van der Waals surface area (Å²) in [5.74, 6) is -0.440. The van der Waals surface area contributed by atoms with E-state index in [1.165, 1.54) is 17.1 Å². The van der Waals surface area contributed by atoms with Crippen molar-refractivity contribution in [3.63, 3.8) is 0 Å². The monoisotopic (exact) mass is 302 g/mol. The summed E-state index contributed by atoms with van der Waals surface area (Å²) in [6.07, 6.45) is 0.955. The Bertz CT molecular complexity index is 695. The molecule has 1 heterocycles. The van der Waals surface area contributed by atoms with Crippen LogP contribution in [0.1, 0.15) is 18.4 Å². The van der Waals surface area contributed by atoms with Crippen molar-refractivity contribution in [2.45, 2.75) is 12.8 Å². The number of carbonyl (C=O) groups excluding carboxylic acids is 1. The fourth-order valence-electron chi connectivity index (χ4n) is 2.19. The predicted octanol–water partition coefficient (Wildman–Crippen LogP) is 4.01. The third-order valence-electron chi connectivity index (χ3n) is 3.28. The van der Waals surface area contributed by atoms with E-state index in [2.05, 4.69) is 5.10 Å². The Kier molecular flexibility index (Phi) is 3.71. The van der Waals surface area contributed by atoms with Crippen LogP contribution in [0.5, 0.6) is 0 Å². The highest BCUT2D eigenvalue weighted by Gasteiger charge is 2.22. The van der Waals surface area contributed by atoms with Gasteiger partial charge in [0.25, 0.3) is 0 Å². The Morgan fingerprint density at radius 3 is 2.33 bits per heavy atom. The van der Waals surface area contributed by atoms with Crippen molar-refractivity contribution in [3.8, 4) is 0 Å². The third-order valence-corrected chi connectivity index (χ3v) is 3.53. The van der Waals surface area contributed by atoms with E-state index < -0.39 is 0 Å². The molecule has 0 radical (unpaired) electrons. The molecule has 2 aromatic carbocycles. The van der Waals surface area contributed by atoms with Gasteiger partial charge >= 0.3 is 0 Å². The van der Waals surface area contributed by atoms with Crippen molar-refractivity contribution in [3.05, 3.63) is 64.9 Å². The molecule has 1 aliphatic rings. The SMILES string of the molecule is O=C1CCC(c2ccc(Cl)cc2)=NN1c1ccc(F)cc1. The topological polar surface area (TPSA) is 32.7 Å². The van der Waals surface area contributed by atoms with Gasteiger partial charge in [-0.1, -0.05) is 23.7 Å². The number of rotatable bonds is 2. The lowest BCUT2D eigenvalue weighted by atomic mass is 10.0. The quantitative estimate of drug-likeness (QED) is 0.825. The lowest BCUT2D eigenvalue weighted by Crippen LogP contribution is -2.31. The zero-order valence-corrected chi connectivity index (χ0v) is 11.8. The van der Waals surface area contributed by atoms with Gasteiger partial charge in [0, 0.05) is 17.9 Å². The van der Waals surface area contributed by atoms with Crippen LogP contribution in [0.25, 0.3) is 0 Å². The molecule has 5 heteroatoms. The Hall–Kier alpha value is -2.20. The summed E-state index contributed by atoms with van der Waals surface area (Å²) in [5.41, 5.74) is 2.31. The first kappa shape index (κ1) is 13.8.